The summed E-state index contributed by atoms with van der Waals surface area (Å²) >= 11 is 6.00. The van der Waals surface area contributed by atoms with Crippen LogP contribution in [0.25, 0.3) is 0 Å². The third-order valence-corrected chi connectivity index (χ3v) is 4.51. The molecule has 3 N–H and O–H groups in total. The summed E-state index contributed by atoms with van der Waals surface area (Å²) in [4.78, 5) is 41.4. The number of hydrogen-bond acceptors (Lipinski definition) is 4. The minimum Gasteiger partial charge on any atom is -0.383 e. The molecule has 8 heteroatoms. The Morgan fingerprint density at radius 2 is 1.93 bits per heavy atom. The number of rotatable bonds is 8. The zero-order valence-corrected chi connectivity index (χ0v) is 16.4. The molecule has 0 fully saturated rings. The highest BCUT2D eigenvalue weighted by atomic mass is 35.5. The van der Waals surface area contributed by atoms with Crippen molar-refractivity contribution in [1.82, 2.24) is 9.55 Å². The maximum atomic E-state index is 13.1. The van der Waals surface area contributed by atoms with Gasteiger partial charge in [0.15, 0.2) is 5.69 Å². The first-order chi connectivity index (χ1) is 12.9. The summed E-state index contributed by atoms with van der Waals surface area (Å²) in [6.45, 7) is 4.65. The highest BCUT2D eigenvalue weighted by molar-refractivity contribution is 6.31. The molecule has 0 atom stereocenters. The molecule has 0 saturated carbocycles. The second-order valence-corrected chi connectivity index (χ2v) is 6.76. The number of nitrogens with zero attached hydrogens (tertiary/aromatic N) is 2. The quantitative estimate of drug-likeness (QED) is 0.720. The molecule has 0 spiro atoms. The summed E-state index contributed by atoms with van der Waals surface area (Å²) in [5, 5.41) is 0.422. The van der Waals surface area contributed by atoms with Crippen LogP contribution in [0.2, 0.25) is 5.02 Å². The molecule has 7 nitrogen and oxygen atoms in total. The van der Waals surface area contributed by atoms with E-state index < -0.39 is 11.2 Å². The molecule has 1 heterocycles. The molecule has 146 valence electrons. The molecule has 0 unspecified atom stereocenters. The van der Waals surface area contributed by atoms with Crippen molar-refractivity contribution in [2.45, 2.75) is 46.1 Å². The summed E-state index contributed by atoms with van der Waals surface area (Å²) in [6, 6.07) is 6.51. The number of carbonyl (C=O) groups excluding carboxylic acids is 1. The Bertz CT molecular complexity index is 920. The van der Waals surface area contributed by atoms with Gasteiger partial charge in [-0.3, -0.25) is 19.1 Å². The number of nitrogens with two attached hydrogens (primary N) is 1. The molecule has 1 aromatic carbocycles. The maximum absolute atomic E-state index is 13.1. The number of aromatic nitrogens is 2. The van der Waals surface area contributed by atoms with Crippen LogP contribution in [0, 0.1) is 0 Å². The number of nitrogens with one attached hydrogen (secondary N) is 1. The third-order valence-electron chi connectivity index (χ3n) is 4.27. The fraction of sp³-hybridized carbons (Fsp3) is 0.421. The van der Waals surface area contributed by atoms with E-state index in [1.54, 1.807) is 24.3 Å². The number of carbonyl (C=O) groups is 1. The van der Waals surface area contributed by atoms with E-state index in [0.29, 0.717) is 30.1 Å². The first kappa shape index (κ1) is 20.8. The van der Waals surface area contributed by atoms with E-state index in [0.717, 1.165) is 19.3 Å². The van der Waals surface area contributed by atoms with Crippen molar-refractivity contribution >= 4 is 29.0 Å². The molecule has 0 radical (unpaired) electrons. The van der Waals surface area contributed by atoms with Gasteiger partial charge in [0.1, 0.15) is 5.82 Å². The van der Waals surface area contributed by atoms with Crippen LogP contribution in [-0.2, 0) is 6.54 Å². The van der Waals surface area contributed by atoms with Crippen molar-refractivity contribution in [1.29, 1.82) is 0 Å². The van der Waals surface area contributed by atoms with Gasteiger partial charge in [-0.05, 0) is 31.0 Å². The molecule has 0 saturated heterocycles. The Kier molecular flexibility index (Phi) is 7.24. The molecule has 0 aliphatic rings. The van der Waals surface area contributed by atoms with Crippen molar-refractivity contribution < 1.29 is 4.79 Å². The van der Waals surface area contributed by atoms with Gasteiger partial charge in [-0.2, -0.15) is 0 Å². The maximum Gasteiger partial charge on any atom is 0.330 e. The summed E-state index contributed by atoms with van der Waals surface area (Å²) in [5.41, 5.74) is 5.28. The van der Waals surface area contributed by atoms with Gasteiger partial charge in [-0.15, -0.1) is 0 Å². The Morgan fingerprint density at radius 1 is 1.22 bits per heavy atom. The smallest absolute Gasteiger partial charge is 0.330 e. The highest BCUT2D eigenvalue weighted by Gasteiger charge is 2.25. The van der Waals surface area contributed by atoms with Crippen LogP contribution in [-0.4, -0.2) is 22.0 Å². The lowest BCUT2D eigenvalue weighted by molar-refractivity contribution is 0.0986. The molecule has 27 heavy (non-hydrogen) atoms. The van der Waals surface area contributed by atoms with Gasteiger partial charge in [0, 0.05) is 23.7 Å². The Labute approximate surface area is 162 Å². The van der Waals surface area contributed by atoms with E-state index in [4.69, 9.17) is 17.3 Å². The molecule has 2 rings (SSSR count). The Morgan fingerprint density at radius 3 is 2.56 bits per heavy atom. The third kappa shape index (κ3) is 4.80. The van der Waals surface area contributed by atoms with E-state index in [1.807, 2.05) is 13.8 Å². The van der Waals surface area contributed by atoms with Gasteiger partial charge >= 0.3 is 5.69 Å². The predicted molar refractivity (Wildman–Crippen MR) is 109 cm³/mol. The average Bonchev–Trinajstić information content (AvgIpc) is 2.63. The first-order valence-electron chi connectivity index (χ1n) is 9.10. The monoisotopic (exact) mass is 392 g/mol. The lowest BCUT2D eigenvalue weighted by atomic mass is 10.1. The van der Waals surface area contributed by atoms with Crippen LogP contribution in [0.1, 0.15) is 49.9 Å². The van der Waals surface area contributed by atoms with E-state index in [9.17, 15) is 14.4 Å². The lowest BCUT2D eigenvalue weighted by Crippen LogP contribution is -2.41. The number of hydrogen-bond donors (Lipinski definition) is 2. The SMILES string of the molecule is CCCCN(C(=O)c1cccc(Cl)c1)c1c(N)n(CCCC)c(=O)[nH]c1=O. The second kappa shape index (κ2) is 9.41. The fourth-order valence-electron chi connectivity index (χ4n) is 2.78. The molecule has 0 aliphatic carbocycles. The molecule has 2 aromatic rings. The summed E-state index contributed by atoms with van der Waals surface area (Å²) < 4.78 is 1.31. The van der Waals surface area contributed by atoms with Crippen molar-refractivity contribution in [3.8, 4) is 0 Å². The molecular weight excluding hydrogens is 368 g/mol. The molecular formula is C19H25ClN4O3. The average molecular weight is 393 g/mol. The van der Waals surface area contributed by atoms with E-state index in [2.05, 4.69) is 4.98 Å². The molecule has 0 aliphatic heterocycles. The van der Waals surface area contributed by atoms with Crippen molar-refractivity contribution in [2.75, 3.05) is 17.2 Å². The number of halogens is 1. The van der Waals surface area contributed by atoms with E-state index in [1.165, 1.54) is 9.47 Å². The van der Waals surface area contributed by atoms with Crippen LogP contribution in [0.5, 0.6) is 0 Å². The predicted octanol–water partition coefficient (Wildman–Crippen LogP) is 3.02. The molecule has 0 bridgehead atoms. The van der Waals surface area contributed by atoms with Crippen LogP contribution < -0.4 is 21.9 Å². The van der Waals surface area contributed by atoms with Gasteiger partial charge in [0.2, 0.25) is 0 Å². The van der Waals surface area contributed by atoms with Crippen LogP contribution in [0.4, 0.5) is 11.5 Å². The van der Waals surface area contributed by atoms with Crippen LogP contribution in [0.3, 0.4) is 0 Å². The summed E-state index contributed by atoms with van der Waals surface area (Å²) in [5.74, 6) is -0.382. The second-order valence-electron chi connectivity index (χ2n) is 6.32. The van der Waals surface area contributed by atoms with E-state index >= 15 is 0 Å². The van der Waals surface area contributed by atoms with Crippen molar-refractivity contribution in [2.24, 2.45) is 0 Å². The standard InChI is InChI=1S/C19H25ClN4O3/c1-3-5-10-23(18(26)13-8-7-9-14(20)12-13)15-16(21)24(11-6-4-2)19(27)22-17(15)25/h7-9,12H,3-6,10-11,21H2,1-2H3,(H,22,25,27). The van der Waals surface area contributed by atoms with Crippen LogP contribution in [0.15, 0.2) is 33.9 Å². The van der Waals surface area contributed by atoms with Gasteiger partial charge in [-0.25, -0.2) is 4.79 Å². The molecule has 1 aromatic heterocycles. The number of benzene rings is 1. The number of anilines is 2. The normalized spacial score (nSPS) is 10.8. The number of H-pyrrole nitrogens is 1. The van der Waals surface area contributed by atoms with Crippen LogP contribution >= 0.6 is 11.6 Å². The summed E-state index contributed by atoms with van der Waals surface area (Å²) in [6.07, 6.45) is 3.10. The largest absolute Gasteiger partial charge is 0.383 e. The number of amides is 1. The molecule has 1 amide bonds. The zero-order valence-electron chi connectivity index (χ0n) is 15.6. The number of unbranched alkanes of at least 4 members (excludes halogenated alkanes) is 2. The van der Waals surface area contributed by atoms with Gasteiger partial charge < -0.3 is 10.6 Å². The van der Waals surface area contributed by atoms with Gasteiger partial charge in [0.25, 0.3) is 11.5 Å². The topological polar surface area (TPSA) is 101 Å². The van der Waals surface area contributed by atoms with E-state index in [-0.39, 0.29) is 17.4 Å². The first-order valence-corrected chi connectivity index (χ1v) is 9.48. The zero-order chi connectivity index (χ0) is 20.0. The minimum absolute atomic E-state index is 0.00341. The number of aromatic amines is 1. The minimum atomic E-state index is -0.670. The number of nitrogen functional groups attached to an aromatic ring is 1. The van der Waals surface area contributed by atoms with Gasteiger partial charge in [0.05, 0.1) is 0 Å². The fourth-order valence-corrected chi connectivity index (χ4v) is 2.98. The lowest BCUT2D eigenvalue weighted by Gasteiger charge is -2.24. The van der Waals surface area contributed by atoms with Crippen molar-refractivity contribution in [3.05, 3.63) is 55.7 Å². The van der Waals surface area contributed by atoms with Gasteiger partial charge in [-0.1, -0.05) is 44.4 Å². The Hall–Kier alpha value is -2.54. The van der Waals surface area contributed by atoms with Crippen molar-refractivity contribution in [3.63, 3.8) is 0 Å². The Balaban J connectivity index is 2.58. The highest BCUT2D eigenvalue weighted by Crippen LogP contribution is 2.21. The summed E-state index contributed by atoms with van der Waals surface area (Å²) in [7, 11) is 0.